The Labute approximate surface area is 137 Å². The molecule has 0 amide bonds. The normalized spacial score (nSPS) is 17.8. The summed E-state index contributed by atoms with van der Waals surface area (Å²) >= 11 is 3.76. The number of piperidine rings is 1. The van der Waals surface area contributed by atoms with Crippen molar-refractivity contribution in [2.24, 2.45) is 0 Å². The van der Waals surface area contributed by atoms with Gasteiger partial charge in [0.05, 0.1) is 15.9 Å². The van der Waals surface area contributed by atoms with Gasteiger partial charge in [0.1, 0.15) is 0 Å². The Bertz CT molecular complexity index is 449. The van der Waals surface area contributed by atoms with Crippen LogP contribution < -0.4 is 0 Å². The van der Waals surface area contributed by atoms with Crippen molar-refractivity contribution in [1.29, 1.82) is 0 Å². The first-order valence-corrected chi connectivity index (χ1v) is 9.06. The summed E-state index contributed by atoms with van der Waals surface area (Å²) in [4.78, 5) is 5.06. The molecular weight excluding hydrogens is 328 g/mol. The van der Waals surface area contributed by atoms with E-state index in [0.29, 0.717) is 6.04 Å². The molecule has 1 fully saturated rings. The molecule has 4 nitrogen and oxygen atoms in total. The van der Waals surface area contributed by atoms with E-state index in [1.807, 2.05) is 0 Å². The molecule has 1 aliphatic rings. The summed E-state index contributed by atoms with van der Waals surface area (Å²) in [6.45, 7) is 12.2. The lowest BCUT2D eigenvalue weighted by molar-refractivity contribution is 0.125. The van der Waals surface area contributed by atoms with Crippen molar-refractivity contribution < 1.29 is 0 Å². The lowest BCUT2D eigenvalue weighted by Gasteiger charge is -2.36. The van der Waals surface area contributed by atoms with Gasteiger partial charge in [0.2, 0.25) is 0 Å². The van der Waals surface area contributed by atoms with Crippen LogP contribution in [0.2, 0.25) is 0 Å². The van der Waals surface area contributed by atoms with E-state index in [-0.39, 0.29) is 0 Å². The summed E-state index contributed by atoms with van der Waals surface area (Å²) < 4.78 is 3.37. The summed E-state index contributed by atoms with van der Waals surface area (Å²) in [5.74, 6) is 0. The van der Waals surface area contributed by atoms with Crippen LogP contribution in [-0.4, -0.2) is 52.3 Å². The van der Waals surface area contributed by atoms with Crippen molar-refractivity contribution in [3.63, 3.8) is 0 Å². The molecule has 0 aliphatic carbocycles. The van der Waals surface area contributed by atoms with Gasteiger partial charge in [-0.05, 0) is 68.8 Å². The van der Waals surface area contributed by atoms with Gasteiger partial charge in [-0.15, -0.1) is 0 Å². The highest BCUT2D eigenvalue weighted by molar-refractivity contribution is 9.10. The van der Waals surface area contributed by atoms with Crippen LogP contribution in [0, 0.1) is 0 Å². The molecule has 0 bridgehead atoms. The minimum absolute atomic E-state index is 0.699. The summed E-state index contributed by atoms with van der Waals surface area (Å²) in [7, 11) is 2.26. The first kappa shape index (κ1) is 17.0. The number of rotatable bonds is 6. The van der Waals surface area contributed by atoms with Crippen LogP contribution in [-0.2, 0) is 19.5 Å². The third-order valence-corrected chi connectivity index (χ3v) is 5.64. The molecule has 5 heteroatoms. The van der Waals surface area contributed by atoms with Gasteiger partial charge in [-0.1, -0.05) is 13.8 Å². The molecule has 0 unspecified atom stereocenters. The van der Waals surface area contributed by atoms with Gasteiger partial charge in [0, 0.05) is 19.1 Å². The lowest BCUT2D eigenvalue weighted by atomic mass is 10.0. The summed E-state index contributed by atoms with van der Waals surface area (Å²) in [5, 5.41) is 4.71. The molecule has 1 saturated heterocycles. The first-order valence-electron chi connectivity index (χ1n) is 8.27. The quantitative estimate of drug-likeness (QED) is 0.782. The van der Waals surface area contributed by atoms with Crippen LogP contribution in [0.15, 0.2) is 4.47 Å². The van der Waals surface area contributed by atoms with Gasteiger partial charge in [0.15, 0.2) is 0 Å². The monoisotopic (exact) mass is 356 g/mol. The molecule has 2 heterocycles. The second kappa shape index (κ2) is 7.75. The van der Waals surface area contributed by atoms with Crippen LogP contribution >= 0.6 is 15.9 Å². The Hall–Kier alpha value is -0.390. The van der Waals surface area contributed by atoms with Crippen molar-refractivity contribution in [2.45, 2.75) is 59.2 Å². The molecule has 21 heavy (non-hydrogen) atoms. The Morgan fingerprint density at radius 2 is 1.86 bits per heavy atom. The number of aromatic nitrogens is 2. The maximum absolute atomic E-state index is 4.71. The summed E-state index contributed by atoms with van der Waals surface area (Å²) in [6.07, 6.45) is 3.55. The molecule has 0 N–H and O–H groups in total. The van der Waals surface area contributed by atoms with E-state index in [1.54, 1.807) is 0 Å². The fraction of sp³-hybridized carbons (Fsp3) is 0.812. The average molecular weight is 357 g/mol. The highest BCUT2D eigenvalue weighted by Gasteiger charge is 2.23. The van der Waals surface area contributed by atoms with E-state index in [0.717, 1.165) is 19.5 Å². The Kier molecular flexibility index (Phi) is 6.26. The smallest absolute Gasteiger partial charge is 0.0767 e. The lowest BCUT2D eigenvalue weighted by Crippen LogP contribution is -2.43. The number of nitrogens with zero attached hydrogens (tertiary/aromatic N) is 4. The first-order chi connectivity index (χ1) is 10.1. The summed E-state index contributed by atoms with van der Waals surface area (Å²) in [5.41, 5.74) is 2.51. The number of hydrogen-bond donors (Lipinski definition) is 0. The third kappa shape index (κ3) is 3.88. The minimum atomic E-state index is 0.699. The molecular formula is C16H29BrN4. The molecule has 0 aromatic carbocycles. The molecule has 1 aromatic rings. The highest BCUT2D eigenvalue weighted by Crippen LogP contribution is 2.25. The SMILES string of the molecule is CCc1nn(CC)c(CN(C)C2CCN(CC)CC2)c1Br. The van der Waals surface area contributed by atoms with Crippen molar-refractivity contribution >= 4 is 15.9 Å². The van der Waals surface area contributed by atoms with Crippen LogP contribution in [0.1, 0.15) is 45.0 Å². The maximum atomic E-state index is 4.71. The third-order valence-electron chi connectivity index (χ3n) is 4.72. The average Bonchev–Trinajstić information content (AvgIpc) is 2.83. The van der Waals surface area contributed by atoms with Crippen LogP contribution in [0.3, 0.4) is 0 Å². The van der Waals surface area contributed by atoms with Crippen molar-refractivity contribution in [3.8, 4) is 0 Å². The molecule has 0 radical (unpaired) electrons. The van der Waals surface area contributed by atoms with E-state index in [1.165, 1.54) is 48.3 Å². The van der Waals surface area contributed by atoms with Crippen LogP contribution in [0.25, 0.3) is 0 Å². The number of likely N-dealkylation sites (tertiary alicyclic amines) is 1. The van der Waals surface area contributed by atoms with Crippen molar-refractivity contribution in [1.82, 2.24) is 19.6 Å². The number of aryl methyl sites for hydroxylation is 2. The molecule has 0 atom stereocenters. The van der Waals surface area contributed by atoms with Crippen molar-refractivity contribution in [3.05, 3.63) is 15.9 Å². The maximum Gasteiger partial charge on any atom is 0.0767 e. The van der Waals surface area contributed by atoms with E-state index in [2.05, 4.69) is 58.2 Å². The molecule has 0 spiro atoms. The van der Waals surface area contributed by atoms with E-state index < -0.39 is 0 Å². The second-order valence-corrected chi connectivity index (χ2v) is 6.75. The molecule has 1 aliphatic heterocycles. The predicted molar refractivity (Wildman–Crippen MR) is 91.6 cm³/mol. The molecule has 0 saturated carbocycles. The summed E-state index contributed by atoms with van der Waals surface area (Å²) in [6, 6.07) is 0.699. The topological polar surface area (TPSA) is 24.3 Å². The number of hydrogen-bond acceptors (Lipinski definition) is 3. The standard InChI is InChI=1S/C16H29BrN4/c1-5-14-16(17)15(21(7-3)18-14)12-19(4)13-8-10-20(6-2)11-9-13/h13H,5-12H2,1-4H3. The molecule has 2 rings (SSSR count). The van der Waals surface area contributed by atoms with Gasteiger partial charge in [0.25, 0.3) is 0 Å². The van der Waals surface area contributed by atoms with Gasteiger partial charge in [-0.2, -0.15) is 5.10 Å². The highest BCUT2D eigenvalue weighted by atomic mass is 79.9. The zero-order chi connectivity index (χ0) is 15.4. The predicted octanol–water partition coefficient (Wildman–Crippen LogP) is 3.14. The molecule has 120 valence electrons. The van der Waals surface area contributed by atoms with E-state index in [4.69, 9.17) is 5.10 Å². The van der Waals surface area contributed by atoms with E-state index >= 15 is 0 Å². The fourth-order valence-electron chi connectivity index (χ4n) is 3.21. The van der Waals surface area contributed by atoms with Gasteiger partial charge in [-0.25, -0.2) is 0 Å². The van der Waals surface area contributed by atoms with E-state index in [9.17, 15) is 0 Å². The minimum Gasteiger partial charge on any atom is -0.303 e. The van der Waals surface area contributed by atoms with Gasteiger partial charge in [-0.3, -0.25) is 9.58 Å². The van der Waals surface area contributed by atoms with Crippen molar-refractivity contribution in [2.75, 3.05) is 26.7 Å². The zero-order valence-corrected chi connectivity index (χ0v) is 15.5. The Morgan fingerprint density at radius 3 is 2.38 bits per heavy atom. The Morgan fingerprint density at radius 1 is 1.19 bits per heavy atom. The molecule has 1 aromatic heterocycles. The zero-order valence-electron chi connectivity index (χ0n) is 13.9. The fourth-order valence-corrected chi connectivity index (χ4v) is 3.90. The van der Waals surface area contributed by atoms with Gasteiger partial charge < -0.3 is 4.90 Å². The van der Waals surface area contributed by atoms with Crippen LogP contribution in [0.5, 0.6) is 0 Å². The van der Waals surface area contributed by atoms with Gasteiger partial charge >= 0.3 is 0 Å². The Balaban J connectivity index is 2.02. The largest absolute Gasteiger partial charge is 0.303 e. The second-order valence-electron chi connectivity index (χ2n) is 5.96. The number of halogens is 1. The van der Waals surface area contributed by atoms with Crippen LogP contribution in [0.4, 0.5) is 0 Å².